The van der Waals surface area contributed by atoms with E-state index in [1.54, 1.807) is 12.1 Å². The van der Waals surface area contributed by atoms with Crippen LogP contribution in [-0.4, -0.2) is 23.4 Å². The molecule has 2 aromatic carbocycles. The van der Waals surface area contributed by atoms with Crippen LogP contribution in [0.4, 0.5) is 0 Å². The molecule has 0 spiro atoms. The number of rotatable bonds is 6. The Morgan fingerprint density at radius 1 is 0.769 bits per heavy atom. The first-order valence-electron chi connectivity index (χ1n) is 7.70. The quantitative estimate of drug-likeness (QED) is 0.325. The van der Waals surface area contributed by atoms with Crippen LogP contribution in [0.3, 0.4) is 0 Å². The van der Waals surface area contributed by atoms with Gasteiger partial charge >= 0.3 is 0 Å². The van der Waals surface area contributed by atoms with E-state index in [-0.39, 0.29) is 24.9 Å². The maximum atomic E-state index is 6.28. The van der Waals surface area contributed by atoms with Crippen molar-refractivity contribution >= 4 is 56.7 Å². The second-order valence-corrected chi connectivity index (χ2v) is 7.87. The molecule has 0 unspecified atom stereocenters. The van der Waals surface area contributed by atoms with Crippen molar-refractivity contribution in [3.8, 4) is 0 Å². The second-order valence-electron chi connectivity index (χ2n) is 6.34. The molecule has 7 heteroatoms. The van der Waals surface area contributed by atoms with Crippen LogP contribution >= 0.6 is 46.4 Å². The molecule has 0 saturated carbocycles. The molecule has 2 rings (SSSR count). The normalized spacial score (nSPS) is 12.7. The molecule has 0 aliphatic rings. The SMILES string of the molecule is CC(C)(CN=C(Cl)c1ccccc1Cl)CN=C(Cl)c1ccccc1Cl.[Zn]. The summed E-state index contributed by atoms with van der Waals surface area (Å²) < 4.78 is 0. The summed E-state index contributed by atoms with van der Waals surface area (Å²) in [5.74, 6) is 0. The fourth-order valence-corrected chi connectivity index (χ4v) is 3.04. The molecule has 0 bridgehead atoms. The van der Waals surface area contributed by atoms with Gasteiger partial charge in [0.15, 0.2) is 0 Å². The van der Waals surface area contributed by atoms with Gasteiger partial charge in [0.25, 0.3) is 0 Å². The van der Waals surface area contributed by atoms with Crippen molar-refractivity contribution in [1.29, 1.82) is 0 Å². The molecule has 0 fully saturated rings. The van der Waals surface area contributed by atoms with Gasteiger partial charge in [-0.15, -0.1) is 0 Å². The van der Waals surface area contributed by atoms with E-state index < -0.39 is 0 Å². The summed E-state index contributed by atoms with van der Waals surface area (Å²) in [6.07, 6.45) is 0. The predicted octanol–water partition coefficient (Wildman–Crippen LogP) is 6.69. The summed E-state index contributed by atoms with van der Waals surface area (Å²) in [7, 11) is 0. The molecule has 0 heterocycles. The average molecular weight is 482 g/mol. The van der Waals surface area contributed by atoms with Crippen LogP contribution in [0.15, 0.2) is 58.5 Å². The smallest absolute Gasteiger partial charge is 0.132 e. The Morgan fingerprint density at radius 3 is 1.46 bits per heavy atom. The minimum absolute atomic E-state index is 0. The van der Waals surface area contributed by atoms with Gasteiger partial charge in [-0.05, 0) is 12.1 Å². The number of hydrogen-bond acceptors (Lipinski definition) is 2. The number of aliphatic imine (C=N–C) groups is 2. The fraction of sp³-hybridized carbons (Fsp3) is 0.263. The summed E-state index contributed by atoms with van der Waals surface area (Å²) in [5, 5.41) is 1.93. The molecule has 134 valence electrons. The standard InChI is InChI=1S/C19H18Cl4N2.Zn/c1-19(2,11-24-17(22)13-7-3-5-9-15(13)20)12-25-18(23)14-8-4-6-10-16(14)21;/h3-10H,11-12H2,1-2H3;. The molecular weight excluding hydrogens is 463 g/mol. The molecule has 2 aromatic rings. The maximum Gasteiger partial charge on any atom is 0.132 e. The first-order valence-corrected chi connectivity index (χ1v) is 9.21. The van der Waals surface area contributed by atoms with Crippen LogP contribution in [0.25, 0.3) is 0 Å². The molecular formula is C19H18Cl4N2Zn. The van der Waals surface area contributed by atoms with Crippen molar-refractivity contribution in [3.05, 3.63) is 69.7 Å². The monoisotopic (exact) mass is 478 g/mol. The Morgan fingerprint density at radius 2 is 1.12 bits per heavy atom. The Bertz CT molecular complexity index is 738. The summed E-state index contributed by atoms with van der Waals surface area (Å²) in [6.45, 7) is 5.08. The molecule has 0 saturated heterocycles. The maximum absolute atomic E-state index is 6.28. The van der Waals surface area contributed by atoms with E-state index in [1.165, 1.54) is 0 Å². The van der Waals surface area contributed by atoms with E-state index >= 15 is 0 Å². The molecule has 0 amide bonds. The number of halogens is 4. The molecule has 0 aromatic heterocycles. The zero-order chi connectivity index (χ0) is 18.4. The third-order valence-electron chi connectivity index (χ3n) is 3.48. The van der Waals surface area contributed by atoms with Gasteiger partial charge in [-0.1, -0.05) is 96.6 Å². The third-order valence-corrected chi connectivity index (χ3v) is 4.79. The molecule has 0 aliphatic carbocycles. The molecule has 26 heavy (non-hydrogen) atoms. The number of nitrogens with zero attached hydrogens (tertiary/aromatic N) is 2. The van der Waals surface area contributed by atoms with Gasteiger partial charge < -0.3 is 0 Å². The molecule has 0 atom stereocenters. The van der Waals surface area contributed by atoms with Crippen molar-refractivity contribution in [1.82, 2.24) is 0 Å². The second kappa shape index (κ2) is 10.8. The number of benzene rings is 2. The zero-order valence-corrected chi connectivity index (χ0v) is 20.6. The summed E-state index contributed by atoms with van der Waals surface area (Å²) in [5.41, 5.74) is 1.22. The fourth-order valence-electron chi connectivity index (χ4n) is 2.04. The van der Waals surface area contributed by atoms with E-state index in [0.29, 0.717) is 33.5 Å². The minimum atomic E-state index is -0.219. The van der Waals surface area contributed by atoms with Gasteiger partial charge in [0.2, 0.25) is 0 Å². The van der Waals surface area contributed by atoms with E-state index in [0.717, 1.165) is 11.1 Å². The van der Waals surface area contributed by atoms with Crippen LogP contribution in [0, 0.1) is 5.41 Å². The number of hydrogen-bond donors (Lipinski definition) is 0. The third kappa shape index (κ3) is 6.94. The van der Waals surface area contributed by atoms with Crippen molar-refractivity contribution in [2.45, 2.75) is 13.8 Å². The Hall–Kier alpha value is -0.437. The van der Waals surface area contributed by atoms with E-state index in [1.807, 2.05) is 50.2 Å². The van der Waals surface area contributed by atoms with Gasteiger partial charge in [-0.3, -0.25) is 9.98 Å². The largest absolute Gasteiger partial charge is 0.272 e. The molecule has 2 nitrogen and oxygen atoms in total. The Kier molecular flexibility index (Phi) is 9.79. The van der Waals surface area contributed by atoms with Gasteiger partial charge in [-0.25, -0.2) is 0 Å². The minimum Gasteiger partial charge on any atom is -0.272 e. The van der Waals surface area contributed by atoms with Gasteiger partial charge in [0.05, 0.1) is 10.0 Å². The van der Waals surface area contributed by atoms with Crippen LogP contribution in [-0.2, 0) is 19.5 Å². The molecule has 0 aliphatic heterocycles. The van der Waals surface area contributed by atoms with E-state index in [4.69, 9.17) is 46.4 Å². The van der Waals surface area contributed by atoms with Crippen molar-refractivity contribution in [2.24, 2.45) is 15.4 Å². The van der Waals surface area contributed by atoms with Crippen LogP contribution in [0.2, 0.25) is 10.0 Å². The van der Waals surface area contributed by atoms with Crippen LogP contribution in [0.1, 0.15) is 25.0 Å². The van der Waals surface area contributed by atoms with Gasteiger partial charge in [0.1, 0.15) is 10.3 Å². The Balaban J connectivity index is 0.00000338. The predicted molar refractivity (Wildman–Crippen MR) is 111 cm³/mol. The summed E-state index contributed by atoms with van der Waals surface area (Å²) in [4.78, 5) is 8.91. The van der Waals surface area contributed by atoms with Crippen LogP contribution in [0.5, 0.6) is 0 Å². The Labute approximate surface area is 187 Å². The summed E-state index contributed by atoms with van der Waals surface area (Å²) in [6, 6.07) is 14.7. The first-order chi connectivity index (χ1) is 11.8. The van der Waals surface area contributed by atoms with Crippen molar-refractivity contribution < 1.29 is 19.5 Å². The average Bonchev–Trinajstić information content (AvgIpc) is 2.59. The zero-order valence-electron chi connectivity index (χ0n) is 14.6. The van der Waals surface area contributed by atoms with E-state index in [9.17, 15) is 0 Å². The summed E-state index contributed by atoms with van der Waals surface area (Å²) >= 11 is 24.8. The molecule has 0 N–H and O–H groups in total. The topological polar surface area (TPSA) is 24.7 Å². The van der Waals surface area contributed by atoms with Gasteiger partial charge in [-0.2, -0.15) is 0 Å². The molecule has 0 radical (unpaired) electrons. The van der Waals surface area contributed by atoms with E-state index in [2.05, 4.69) is 9.98 Å². The van der Waals surface area contributed by atoms with Crippen molar-refractivity contribution in [3.63, 3.8) is 0 Å². The van der Waals surface area contributed by atoms with Crippen LogP contribution < -0.4 is 0 Å². The first kappa shape index (κ1) is 23.6. The van der Waals surface area contributed by atoms with Gasteiger partial charge in [0, 0.05) is 49.1 Å². The van der Waals surface area contributed by atoms with Crippen molar-refractivity contribution in [2.75, 3.05) is 13.1 Å².